The van der Waals surface area contributed by atoms with E-state index in [4.69, 9.17) is 34.8 Å². The Kier molecular flexibility index (Phi) is 6.07. The van der Waals surface area contributed by atoms with Gasteiger partial charge < -0.3 is 10.2 Å². The third kappa shape index (κ3) is 4.32. The van der Waals surface area contributed by atoms with E-state index in [-0.39, 0.29) is 18.4 Å². The number of hydrogen-bond acceptors (Lipinski definition) is 2. The van der Waals surface area contributed by atoms with E-state index in [0.717, 1.165) is 11.1 Å². The highest BCUT2D eigenvalue weighted by molar-refractivity contribution is 6.35. The summed E-state index contributed by atoms with van der Waals surface area (Å²) in [5.74, 6) is -0.255. The van der Waals surface area contributed by atoms with Crippen LogP contribution in [0.5, 0.6) is 0 Å². The van der Waals surface area contributed by atoms with E-state index >= 15 is 0 Å². The number of likely N-dealkylation sites (tertiary alicyclic amines) is 1. The average Bonchev–Trinajstić information content (AvgIpc) is 2.97. The van der Waals surface area contributed by atoms with E-state index in [0.29, 0.717) is 34.5 Å². The van der Waals surface area contributed by atoms with Gasteiger partial charge in [-0.3, -0.25) is 9.59 Å². The van der Waals surface area contributed by atoms with Crippen molar-refractivity contribution in [2.45, 2.75) is 32.0 Å². The maximum atomic E-state index is 12.6. The second kappa shape index (κ2) is 8.30. The number of amides is 2. The fourth-order valence-electron chi connectivity index (χ4n) is 2.98. The normalized spacial score (nSPS) is 16.8. The number of carbonyl (C=O) groups excluding carboxylic acids is 2. The van der Waals surface area contributed by atoms with Gasteiger partial charge in [-0.25, -0.2) is 0 Å². The Morgan fingerprint density at radius 3 is 2.58 bits per heavy atom. The number of hydrogen-bond donors (Lipinski definition) is 1. The van der Waals surface area contributed by atoms with Crippen molar-refractivity contribution >= 4 is 46.6 Å². The van der Waals surface area contributed by atoms with Crippen molar-refractivity contribution in [3.8, 4) is 0 Å². The predicted octanol–water partition coefficient (Wildman–Crippen LogP) is 4.45. The molecule has 1 N–H and O–H groups in total. The van der Waals surface area contributed by atoms with Gasteiger partial charge in [-0.15, -0.1) is 0 Å². The van der Waals surface area contributed by atoms with Crippen molar-refractivity contribution in [2.75, 3.05) is 0 Å². The second-order valence-electron chi connectivity index (χ2n) is 6.12. The third-order valence-corrected chi connectivity index (χ3v) is 5.35. The topological polar surface area (TPSA) is 49.4 Å². The Hall–Kier alpha value is -1.75. The van der Waals surface area contributed by atoms with Gasteiger partial charge in [0.1, 0.15) is 6.04 Å². The molecule has 1 atom stereocenters. The minimum atomic E-state index is -0.517. The summed E-state index contributed by atoms with van der Waals surface area (Å²) in [6, 6.07) is 11.9. The number of halogens is 3. The van der Waals surface area contributed by atoms with Crippen LogP contribution < -0.4 is 5.32 Å². The molecule has 1 aliphatic heterocycles. The zero-order valence-electron chi connectivity index (χ0n) is 13.8. The van der Waals surface area contributed by atoms with Gasteiger partial charge in [0.2, 0.25) is 11.8 Å². The SMILES string of the molecule is O=C(NCc1ccccc1Cl)[C@@H]1CCC(=O)N1Cc1ccc(Cl)cc1Cl. The van der Waals surface area contributed by atoms with E-state index in [1.54, 1.807) is 29.2 Å². The largest absolute Gasteiger partial charge is 0.350 e. The van der Waals surface area contributed by atoms with Crippen molar-refractivity contribution in [1.82, 2.24) is 10.2 Å². The van der Waals surface area contributed by atoms with Gasteiger partial charge in [0.05, 0.1) is 0 Å². The maximum absolute atomic E-state index is 12.6. The Morgan fingerprint density at radius 2 is 1.85 bits per heavy atom. The van der Waals surface area contributed by atoms with Crippen molar-refractivity contribution in [2.24, 2.45) is 0 Å². The van der Waals surface area contributed by atoms with Crippen LogP contribution in [-0.4, -0.2) is 22.8 Å². The molecule has 26 heavy (non-hydrogen) atoms. The van der Waals surface area contributed by atoms with Crippen LogP contribution in [0.15, 0.2) is 42.5 Å². The first-order valence-electron chi connectivity index (χ1n) is 8.20. The second-order valence-corrected chi connectivity index (χ2v) is 7.37. The van der Waals surface area contributed by atoms with Crippen LogP contribution in [0.2, 0.25) is 15.1 Å². The van der Waals surface area contributed by atoms with Crippen LogP contribution in [0.4, 0.5) is 0 Å². The molecule has 0 aromatic heterocycles. The highest BCUT2D eigenvalue weighted by atomic mass is 35.5. The molecule has 0 unspecified atom stereocenters. The molecular weight excluding hydrogens is 395 g/mol. The van der Waals surface area contributed by atoms with Crippen molar-refractivity contribution in [1.29, 1.82) is 0 Å². The quantitative estimate of drug-likeness (QED) is 0.790. The average molecular weight is 412 g/mol. The van der Waals surface area contributed by atoms with E-state index in [1.165, 1.54) is 0 Å². The molecule has 1 aliphatic rings. The molecule has 0 saturated carbocycles. The lowest BCUT2D eigenvalue weighted by molar-refractivity contribution is -0.135. The molecule has 0 radical (unpaired) electrons. The number of carbonyl (C=O) groups is 2. The Bertz CT molecular complexity index is 841. The zero-order valence-corrected chi connectivity index (χ0v) is 16.1. The smallest absolute Gasteiger partial charge is 0.243 e. The number of nitrogens with one attached hydrogen (secondary N) is 1. The lowest BCUT2D eigenvalue weighted by Crippen LogP contribution is -2.44. The number of nitrogens with zero attached hydrogens (tertiary/aromatic N) is 1. The van der Waals surface area contributed by atoms with E-state index in [2.05, 4.69) is 5.32 Å². The van der Waals surface area contributed by atoms with Crippen LogP contribution >= 0.6 is 34.8 Å². The van der Waals surface area contributed by atoms with Gasteiger partial charge in [0.15, 0.2) is 0 Å². The van der Waals surface area contributed by atoms with Crippen molar-refractivity contribution in [3.63, 3.8) is 0 Å². The first-order valence-corrected chi connectivity index (χ1v) is 9.33. The molecule has 0 bridgehead atoms. The number of benzene rings is 2. The van der Waals surface area contributed by atoms with Crippen LogP contribution in [0.3, 0.4) is 0 Å². The maximum Gasteiger partial charge on any atom is 0.243 e. The summed E-state index contributed by atoms with van der Waals surface area (Å²) >= 11 is 18.2. The molecule has 1 fully saturated rings. The first-order chi connectivity index (χ1) is 12.5. The predicted molar refractivity (Wildman–Crippen MR) is 103 cm³/mol. The van der Waals surface area contributed by atoms with Gasteiger partial charge in [-0.05, 0) is 35.7 Å². The Morgan fingerprint density at radius 1 is 1.08 bits per heavy atom. The molecular formula is C19H17Cl3N2O2. The minimum Gasteiger partial charge on any atom is -0.350 e. The zero-order chi connectivity index (χ0) is 18.7. The molecule has 4 nitrogen and oxygen atoms in total. The molecule has 1 saturated heterocycles. The van der Waals surface area contributed by atoms with Gasteiger partial charge in [-0.2, -0.15) is 0 Å². The van der Waals surface area contributed by atoms with E-state index < -0.39 is 6.04 Å². The minimum absolute atomic E-state index is 0.0612. The lowest BCUT2D eigenvalue weighted by Gasteiger charge is -2.24. The highest BCUT2D eigenvalue weighted by Crippen LogP contribution is 2.27. The Balaban J connectivity index is 1.68. The van der Waals surface area contributed by atoms with Gasteiger partial charge >= 0.3 is 0 Å². The van der Waals surface area contributed by atoms with Crippen molar-refractivity contribution < 1.29 is 9.59 Å². The van der Waals surface area contributed by atoms with Crippen LogP contribution in [0, 0.1) is 0 Å². The van der Waals surface area contributed by atoms with Crippen molar-refractivity contribution in [3.05, 3.63) is 68.7 Å². The molecule has 7 heteroatoms. The van der Waals surface area contributed by atoms with E-state index in [1.807, 2.05) is 18.2 Å². The van der Waals surface area contributed by atoms with Gasteiger partial charge in [-0.1, -0.05) is 59.1 Å². The summed E-state index contributed by atoms with van der Waals surface area (Å²) in [6.07, 6.45) is 0.827. The van der Waals surface area contributed by atoms with Gasteiger partial charge in [0.25, 0.3) is 0 Å². The summed E-state index contributed by atoms with van der Waals surface area (Å²) in [6.45, 7) is 0.595. The monoisotopic (exact) mass is 410 g/mol. The molecule has 2 amide bonds. The molecule has 136 valence electrons. The Labute approximate surface area is 167 Å². The fourth-order valence-corrected chi connectivity index (χ4v) is 3.65. The van der Waals surface area contributed by atoms with Crippen LogP contribution in [0.25, 0.3) is 0 Å². The molecule has 0 spiro atoms. The lowest BCUT2D eigenvalue weighted by atomic mass is 10.1. The molecule has 1 heterocycles. The highest BCUT2D eigenvalue weighted by Gasteiger charge is 2.36. The number of rotatable bonds is 5. The third-order valence-electron chi connectivity index (χ3n) is 4.40. The molecule has 2 aromatic rings. The van der Waals surface area contributed by atoms with Crippen LogP contribution in [-0.2, 0) is 22.7 Å². The summed E-state index contributed by atoms with van der Waals surface area (Å²) < 4.78 is 0. The van der Waals surface area contributed by atoms with Gasteiger partial charge in [0, 0.05) is 34.6 Å². The van der Waals surface area contributed by atoms with Crippen LogP contribution in [0.1, 0.15) is 24.0 Å². The summed E-state index contributed by atoms with van der Waals surface area (Å²) in [7, 11) is 0. The fraction of sp³-hybridized carbons (Fsp3) is 0.263. The summed E-state index contributed by atoms with van der Waals surface area (Å²) in [5.41, 5.74) is 1.59. The molecule has 3 rings (SSSR count). The van der Waals surface area contributed by atoms with E-state index in [9.17, 15) is 9.59 Å². The molecule has 2 aromatic carbocycles. The standard InChI is InChI=1S/C19H17Cl3N2O2/c20-14-6-5-13(16(22)9-14)11-24-17(7-8-18(24)25)19(26)23-10-12-3-1-2-4-15(12)21/h1-6,9,17H,7-8,10-11H2,(H,23,26)/t17-/m0/s1. The summed E-state index contributed by atoms with van der Waals surface area (Å²) in [4.78, 5) is 26.4. The summed E-state index contributed by atoms with van der Waals surface area (Å²) in [5, 5.41) is 4.48. The molecule has 0 aliphatic carbocycles. The first kappa shape index (κ1) is 19.0.